The number of aromatic nitrogens is 1. The highest BCUT2D eigenvalue weighted by atomic mass is 14.8. The van der Waals surface area contributed by atoms with Crippen LogP contribution in [0.4, 0.5) is 0 Å². The maximum Gasteiger partial charge on any atom is 0.0890 e. The molecule has 2 nitrogen and oxygen atoms in total. The Balaban J connectivity index is 1.40. The van der Waals surface area contributed by atoms with E-state index in [0.29, 0.717) is 23.7 Å². The Kier molecular flexibility index (Phi) is 12.2. The summed E-state index contributed by atoms with van der Waals surface area (Å²) in [6, 6.07) is 6.33. The van der Waals surface area contributed by atoms with Crippen molar-refractivity contribution in [3.63, 3.8) is 0 Å². The van der Waals surface area contributed by atoms with Crippen molar-refractivity contribution >= 4 is 17.5 Å². The molecule has 4 aliphatic carbocycles. The highest BCUT2D eigenvalue weighted by Gasteiger charge is 2.41. The van der Waals surface area contributed by atoms with Crippen LogP contribution in [-0.4, -0.2) is 11.2 Å². The van der Waals surface area contributed by atoms with E-state index >= 15 is 0 Å². The van der Waals surface area contributed by atoms with Crippen LogP contribution in [0.25, 0.3) is 11.3 Å². The van der Waals surface area contributed by atoms with E-state index in [9.17, 15) is 0 Å². The van der Waals surface area contributed by atoms with Crippen molar-refractivity contribution in [3.8, 4) is 0 Å². The molecular formula is C49H56N2. The first-order valence-electron chi connectivity index (χ1n) is 19.4. The fourth-order valence-electron chi connectivity index (χ4n) is 8.63. The van der Waals surface area contributed by atoms with Gasteiger partial charge in [0.25, 0.3) is 0 Å². The molecule has 0 saturated carbocycles. The number of hydrogen-bond donors (Lipinski definition) is 0. The second kappa shape index (κ2) is 17.1. The lowest BCUT2D eigenvalue weighted by molar-refractivity contribution is 0.293. The van der Waals surface area contributed by atoms with Crippen LogP contribution in [-0.2, 0) is 0 Å². The lowest BCUT2D eigenvalue weighted by Crippen LogP contribution is -2.34. The quantitative estimate of drug-likeness (QED) is 0.189. The Morgan fingerprint density at radius 3 is 2.65 bits per heavy atom. The van der Waals surface area contributed by atoms with E-state index in [1.807, 2.05) is 12.3 Å². The maximum absolute atomic E-state index is 5.17. The fourth-order valence-corrected chi connectivity index (χ4v) is 8.63. The summed E-state index contributed by atoms with van der Waals surface area (Å²) in [6.07, 6.45) is 45.1. The van der Waals surface area contributed by atoms with Crippen LogP contribution in [0.5, 0.6) is 0 Å². The SMILES string of the molecule is C=C/C=C(\C1=CC=CC(C2C3=C(C=CCC3)C(C3=CC/C=C\C(CC)CC(=C)C=C3)=C(/C=C\CC)C2C)C1C)c1cccc(C2=CCCC=N2)n1. The Morgan fingerprint density at radius 2 is 1.86 bits per heavy atom. The number of hydrogen-bond acceptors (Lipinski definition) is 2. The van der Waals surface area contributed by atoms with Gasteiger partial charge >= 0.3 is 0 Å². The van der Waals surface area contributed by atoms with Gasteiger partial charge in [0.2, 0.25) is 0 Å². The molecule has 0 aromatic carbocycles. The molecule has 5 aliphatic rings. The van der Waals surface area contributed by atoms with Crippen molar-refractivity contribution in [1.82, 2.24) is 4.98 Å². The van der Waals surface area contributed by atoms with E-state index < -0.39 is 0 Å². The summed E-state index contributed by atoms with van der Waals surface area (Å²) >= 11 is 0. The second-order valence-corrected chi connectivity index (χ2v) is 14.6. The van der Waals surface area contributed by atoms with Gasteiger partial charge in [-0.2, -0.15) is 0 Å². The number of rotatable bonds is 9. The van der Waals surface area contributed by atoms with Crippen LogP contribution in [0.2, 0.25) is 0 Å². The maximum atomic E-state index is 5.17. The van der Waals surface area contributed by atoms with E-state index in [1.54, 1.807) is 5.57 Å². The predicted octanol–water partition coefficient (Wildman–Crippen LogP) is 13.2. The highest BCUT2D eigenvalue weighted by Crippen LogP contribution is 2.52. The average Bonchev–Trinajstić information content (AvgIpc) is 3.16. The van der Waals surface area contributed by atoms with Gasteiger partial charge in [-0.15, -0.1) is 0 Å². The van der Waals surface area contributed by atoms with Crippen LogP contribution in [0, 0.1) is 29.6 Å². The Morgan fingerprint density at radius 1 is 0.980 bits per heavy atom. The highest BCUT2D eigenvalue weighted by molar-refractivity contribution is 5.81. The number of allylic oxidation sites excluding steroid dienone is 23. The zero-order valence-electron chi connectivity index (χ0n) is 31.3. The second-order valence-electron chi connectivity index (χ2n) is 14.6. The Bertz CT molecular complexity index is 1880. The molecule has 1 aromatic rings. The van der Waals surface area contributed by atoms with E-state index in [-0.39, 0.29) is 5.92 Å². The molecule has 0 radical (unpaired) electrons. The number of pyridine rings is 1. The molecule has 6 rings (SSSR count). The molecule has 0 fully saturated rings. The topological polar surface area (TPSA) is 25.2 Å². The molecule has 262 valence electrons. The van der Waals surface area contributed by atoms with E-state index in [2.05, 4.69) is 149 Å². The third kappa shape index (κ3) is 8.01. The smallest absolute Gasteiger partial charge is 0.0890 e. The van der Waals surface area contributed by atoms with Crippen LogP contribution in [0.15, 0.2) is 167 Å². The molecule has 0 spiro atoms. The van der Waals surface area contributed by atoms with Gasteiger partial charge in [-0.3, -0.25) is 4.99 Å². The minimum absolute atomic E-state index is 0.288. The van der Waals surface area contributed by atoms with Gasteiger partial charge in [0.15, 0.2) is 0 Å². The van der Waals surface area contributed by atoms with E-state index in [0.717, 1.165) is 74.0 Å². The standard InChI is InChI=1S/C49H56N2/c1-7-10-22-41-36(6)48(43-23-13-14-24-44(43)49(41)38-21-12-11-20-37(9-3)33-34(4)30-31-38)40-26-17-25-39(35(40)5)42(19-8-2)45-28-18-29-47(51-45)46-27-15-16-32-50-46/h8,10-11,14,17-22,24-32,35-37,40,48H,2,4,7,9,12-13,15-16,23,33H2,1,3,5-6H3/b20-11-,22-10-,31-30?,38-21?,42-19+. The summed E-state index contributed by atoms with van der Waals surface area (Å²) in [5, 5.41) is 0. The van der Waals surface area contributed by atoms with Gasteiger partial charge in [0.1, 0.15) is 0 Å². The summed E-state index contributed by atoms with van der Waals surface area (Å²) in [5.74, 6) is 1.92. The summed E-state index contributed by atoms with van der Waals surface area (Å²) in [5.41, 5.74) is 13.8. The summed E-state index contributed by atoms with van der Waals surface area (Å²) in [7, 11) is 0. The van der Waals surface area contributed by atoms with Crippen molar-refractivity contribution in [2.45, 2.75) is 79.1 Å². The predicted molar refractivity (Wildman–Crippen MR) is 221 cm³/mol. The van der Waals surface area contributed by atoms with Crippen molar-refractivity contribution in [3.05, 3.63) is 173 Å². The largest absolute Gasteiger partial charge is 0.259 e. The molecule has 1 aliphatic heterocycles. The minimum Gasteiger partial charge on any atom is -0.259 e. The van der Waals surface area contributed by atoms with Gasteiger partial charge < -0.3 is 0 Å². The monoisotopic (exact) mass is 672 g/mol. The molecular weight excluding hydrogens is 617 g/mol. The molecule has 1 aromatic heterocycles. The third-order valence-corrected chi connectivity index (χ3v) is 11.3. The zero-order chi connectivity index (χ0) is 35.7. The van der Waals surface area contributed by atoms with Crippen molar-refractivity contribution in [2.75, 3.05) is 0 Å². The van der Waals surface area contributed by atoms with Crippen LogP contribution in [0.1, 0.15) is 90.4 Å². The first-order chi connectivity index (χ1) is 24.9. The molecule has 51 heavy (non-hydrogen) atoms. The Hall–Kier alpha value is -4.56. The first-order valence-corrected chi connectivity index (χ1v) is 19.4. The first kappa shape index (κ1) is 36.2. The lowest BCUT2D eigenvalue weighted by atomic mass is 9.60. The van der Waals surface area contributed by atoms with Gasteiger partial charge in [-0.1, -0.05) is 149 Å². The molecule has 0 saturated heterocycles. The fraction of sp³-hybridized carbons (Fsp3) is 0.347. The summed E-state index contributed by atoms with van der Waals surface area (Å²) in [6.45, 7) is 18.0. The van der Waals surface area contributed by atoms with Crippen molar-refractivity contribution in [1.29, 1.82) is 0 Å². The molecule has 5 unspecified atom stereocenters. The molecule has 0 amide bonds. The average molecular weight is 673 g/mol. The minimum atomic E-state index is 0.288. The number of nitrogens with zero attached hydrogens (tertiary/aromatic N) is 2. The van der Waals surface area contributed by atoms with Crippen LogP contribution in [0.3, 0.4) is 0 Å². The van der Waals surface area contributed by atoms with Crippen LogP contribution >= 0.6 is 0 Å². The van der Waals surface area contributed by atoms with Crippen LogP contribution < -0.4 is 0 Å². The van der Waals surface area contributed by atoms with Gasteiger partial charge in [-0.25, -0.2) is 4.98 Å². The normalized spacial score (nSPS) is 27.7. The third-order valence-electron chi connectivity index (χ3n) is 11.3. The molecule has 2 heteroatoms. The molecule has 2 heterocycles. The van der Waals surface area contributed by atoms with Gasteiger partial charge in [-0.05, 0) is 121 Å². The Labute approximate surface area is 308 Å². The van der Waals surface area contributed by atoms with E-state index in [4.69, 9.17) is 4.98 Å². The van der Waals surface area contributed by atoms with Gasteiger partial charge in [0.05, 0.1) is 17.1 Å². The zero-order valence-corrected chi connectivity index (χ0v) is 31.3. The molecule has 0 bridgehead atoms. The molecule has 5 atom stereocenters. The van der Waals surface area contributed by atoms with E-state index in [1.165, 1.54) is 33.4 Å². The van der Waals surface area contributed by atoms with Gasteiger partial charge in [0, 0.05) is 11.8 Å². The molecule has 0 N–H and O–H groups in total. The summed E-state index contributed by atoms with van der Waals surface area (Å²) in [4.78, 5) is 9.83. The summed E-state index contributed by atoms with van der Waals surface area (Å²) < 4.78 is 0. The van der Waals surface area contributed by atoms with Crippen molar-refractivity contribution in [2.24, 2.45) is 34.6 Å². The lowest BCUT2D eigenvalue weighted by Gasteiger charge is -2.44. The van der Waals surface area contributed by atoms with Crippen molar-refractivity contribution < 1.29 is 0 Å². The number of aliphatic imine (C=N–C) groups is 1.